The van der Waals surface area contributed by atoms with E-state index in [0.717, 1.165) is 6.21 Å². The Morgan fingerprint density at radius 1 is 1.38 bits per heavy atom. The standard InChI is InChI=1S/C12H13N3O5S/c1-2-20-9-5-3-8(4-6-9)15-21(18,19)11-10(12(16)17)7-13-14-11/h3-7,10,15H,2H2,1H3,(H,16,17)/t10-/m0/s1. The minimum atomic E-state index is -4.08. The summed E-state index contributed by atoms with van der Waals surface area (Å²) in [5, 5.41) is 15.1. The lowest BCUT2D eigenvalue weighted by molar-refractivity contribution is -0.137. The summed E-state index contributed by atoms with van der Waals surface area (Å²) < 4.78 is 31.7. The number of carboxylic acid groups (broad SMARTS) is 1. The number of rotatable bonds is 5. The van der Waals surface area contributed by atoms with Crippen LogP contribution in [0.3, 0.4) is 0 Å². The zero-order valence-electron chi connectivity index (χ0n) is 11.1. The molecule has 0 amide bonds. The van der Waals surface area contributed by atoms with Crippen LogP contribution >= 0.6 is 0 Å². The van der Waals surface area contributed by atoms with E-state index in [9.17, 15) is 13.2 Å². The van der Waals surface area contributed by atoms with Crippen molar-refractivity contribution in [2.24, 2.45) is 16.1 Å². The lowest BCUT2D eigenvalue weighted by atomic mass is 10.2. The van der Waals surface area contributed by atoms with Gasteiger partial charge in [0.15, 0.2) is 11.0 Å². The minimum Gasteiger partial charge on any atom is -0.494 e. The van der Waals surface area contributed by atoms with Crippen LogP contribution in [0.2, 0.25) is 0 Å². The Morgan fingerprint density at radius 2 is 2.05 bits per heavy atom. The molecule has 0 unspecified atom stereocenters. The molecule has 1 aliphatic rings. The number of sulfonamides is 1. The second-order valence-electron chi connectivity index (χ2n) is 4.08. The molecule has 21 heavy (non-hydrogen) atoms. The molecule has 1 atom stereocenters. The van der Waals surface area contributed by atoms with Crippen LogP contribution < -0.4 is 9.46 Å². The summed E-state index contributed by atoms with van der Waals surface area (Å²) in [5.74, 6) is -2.09. The molecule has 0 saturated carbocycles. The van der Waals surface area contributed by atoms with Gasteiger partial charge in [-0.05, 0) is 31.2 Å². The number of carboxylic acids is 1. The van der Waals surface area contributed by atoms with Gasteiger partial charge in [0.25, 0.3) is 10.0 Å². The zero-order valence-corrected chi connectivity index (χ0v) is 11.9. The SMILES string of the molecule is CCOc1ccc(NS(=O)(=O)C2=NN=C[C@@H]2C(=O)O)cc1. The van der Waals surface area contributed by atoms with Crippen LogP contribution in [0.1, 0.15) is 6.92 Å². The summed E-state index contributed by atoms with van der Waals surface area (Å²) in [6, 6.07) is 6.22. The molecule has 0 aliphatic carbocycles. The fourth-order valence-corrected chi connectivity index (χ4v) is 2.87. The van der Waals surface area contributed by atoms with Gasteiger partial charge in [-0.15, -0.1) is 5.10 Å². The topological polar surface area (TPSA) is 117 Å². The van der Waals surface area contributed by atoms with Crippen molar-refractivity contribution in [2.75, 3.05) is 11.3 Å². The van der Waals surface area contributed by atoms with E-state index in [1.807, 2.05) is 6.92 Å². The highest BCUT2D eigenvalue weighted by molar-refractivity contribution is 8.07. The Kier molecular flexibility index (Phi) is 4.22. The molecule has 0 fully saturated rings. The number of carbonyl (C=O) groups is 1. The number of aliphatic carboxylic acids is 1. The maximum absolute atomic E-state index is 12.1. The average Bonchev–Trinajstić information content (AvgIpc) is 2.91. The lowest BCUT2D eigenvalue weighted by Gasteiger charge is -2.10. The fourth-order valence-electron chi connectivity index (χ4n) is 1.67. The quantitative estimate of drug-likeness (QED) is 0.838. The summed E-state index contributed by atoms with van der Waals surface area (Å²) >= 11 is 0. The maximum atomic E-state index is 12.1. The van der Waals surface area contributed by atoms with Gasteiger partial charge < -0.3 is 9.84 Å². The van der Waals surface area contributed by atoms with Crippen molar-refractivity contribution in [3.05, 3.63) is 24.3 Å². The third-order valence-electron chi connectivity index (χ3n) is 2.60. The Labute approximate surface area is 121 Å². The molecule has 1 aromatic rings. The van der Waals surface area contributed by atoms with Crippen LogP contribution in [0.15, 0.2) is 34.5 Å². The normalized spacial score (nSPS) is 17.4. The largest absolute Gasteiger partial charge is 0.494 e. The van der Waals surface area contributed by atoms with Gasteiger partial charge in [-0.3, -0.25) is 9.52 Å². The van der Waals surface area contributed by atoms with Crippen molar-refractivity contribution in [1.29, 1.82) is 0 Å². The first kappa shape index (κ1) is 15.0. The summed E-state index contributed by atoms with van der Waals surface area (Å²) in [6.45, 7) is 2.33. The summed E-state index contributed by atoms with van der Waals surface area (Å²) in [7, 11) is -4.08. The third kappa shape index (κ3) is 3.37. The second-order valence-corrected chi connectivity index (χ2v) is 5.71. The molecule has 0 radical (unpaired) electrons. The van der Waals surface area contributed by atoms with E-state index in [0.29, 0.717) is 12.4 Å². The maximum Gasteiger partial charge on any atom is 0.319 e. The van der Waals surface area contributed by atoms with Gasteiger partial charge in [0, 0.05) is 11.9 Å². The van der Waals surface area contributed by atoms with Gasteiger partial charge in [0.2, 0.25) is 0 Å². The lowest BCUT2D eigenvalue weighted by Crippen LogP contribution is -2.33. The number of benzene rings is 1. The Morgan fingerprint density at radius 3 is 2.62 bits per heavy atom. The zero-order chi connectivity index (χ0) is 15.5. The Hall–Kier alpha value is -2.42. The molecule has 1 aliphatic heterocycles. The van der Waals surface area contributed by atoms with Gasteiger partial charge in [-0.2, -0.15) is 13.5 Å². The van der Waals surface area contributed by atoms with E-state index in [-0.39, 0.29) is 5.69 Å². The van der Waals surface area contributed by atoms with Crippen molar-refractivity contribution in [1.82, 2.24) is 0 Å². The van der Waals surface area contributed by atoms with E-state index in [2.05, 4.69) is 14.9 Å². The summed E-state index contributed by atoms with van der Waals surface area (Å²) in [5.41, 5.74) is 0.275. The van der Waals surface area contributed by atoms with E-state index >= 15 is 0 Å². The molecule has 8 nitrogen and oxygen atoms in total. The molecular formula is C12H13N3O5S. The number of nitrogens with zero attached hydrogens (tertiary/aromatic N) is 2. The summed E-state index contributed by atoms with van der Waals surface area (Å²) in [4.78, 5) is 10.9. The summed E-state index contributed by atoms with van der Waals surface area (Å²) in [6.07, 6.45) is 0.967. The molecule has 9 heteroatoms. The van der Waals surface area contributed by atoms with E-state index < -0.39 is 27.0 Å². The highest BCUT2D eigenvalue weighted by atomic mass is 32.2. The molecule has 112 valence electrons. The smallest absolute Gasteiger partial charge is 0.319 e. The Balaban J connectivity index is 2.16. The molecular weight excluding hydrogens is 298 g/mol. The van der Waals surface area contributed by atoms with E-state index in [1.54, 1.807) is 12.1 Å². The molecule has 0 bridgehead atoms. The predicted octanol–water partition coefficient (Wildman–Crippen LogP) is 0.926. The molecule has 2 N–H and O–H groups in total. The second kappa shape index (κ2) is 5.92. The number of nitrogens with one attached hydrogen (secondary N) is 1. The molecule has 0 aromatic heterocycles. The van der Waals surface area contributed by atoms with Crippen molar-refractivity contribution in [3.8, 4) is 5.75 Å². The van der Waals surface area contributed by atoms with Gasteiger partial charge >= 0.3 is 5.97 Å². The molecule has 1 heterocycles. The first-order valence-electron chi connectivity index (χ1n) is 6.03. The third-order valence-corrected chi connectivity index (χ3v) is 3.99. The minimum absolute atomic E-state index is 0.275. The van der Waals surface area contributed by atoms with Crippen LogP contribution in [0.25, 0.3) is 0 Å². The molecule has 1 aromatic carbocycles. The van der Waals surface area contributed by atoms with Crippen molar-refractivity contribution < 1.29 is 23.1 Å². The average molecular weight is 311 g/mol. The van der Waals surface area contributed by atoms with Gasteiger partial charge in [0.05, 0.1) is 6.61 Å². The first-order chi connectivity index (χ1) is 9.94. The number of hydrogen-bond acceptors (Lipinski definition) is 6. The molecule has 0 spiro atoms. The predicted molar refractivity (Wildman–Crippen MR) is 77.2 cm³/mol. The van der Waals surface area contributed by atoms with Crippen LogP contribution in [0, 0.1) is 5.92 Å². The molecule has 0 saturated heterocycles. The van der Waals surface area contributed by atoms with Crippen LogP contribution in [0.5, 0.6) is 5.75 Å². The van der Waals surface area contributed by atoms with Crippen LogP contribution in [0.4, 0.5) is 5.69 Å². The van der Waals surface area contributed by atoms with E-state index in [1.165, 1.54) is 12.1 Å². The fraction of sp³-hybridized carbons (Fsp3) is 0.250. The highest BCUT2D eigenvalue weighted by Gasteiger charge is 2.35. The number of anilines is 1. The van der Waals surface area contributed by atoms with Crippen molar-refractivity contribution in [2.45, 2.75) is 6.92 Å². The highest BCUT2D eigenvalue weighted by Crippen LogP contribution is 2.19. The van der Waals surface area contributed by atoms with E-state index in [4.69, 9.17) is 9.84 Å². The van der Waals surface area contributed by atoms with Gasteiger partial charge in [-0.1, -0.05) is 0 Å². The van der Waals surface area contributed by atoms with Crippen molar-refractivity contribution >= 4 is 32.9 Å². The van der Waals surface area contributed by atoms with Gasteiger partial charge in [0.1, 0.15) is 5.75 Å². The monoisotopic (exact) mass is 311 g/mol. The first-order valence-corrected chi connectivity index (χ1v) is 7.52. The number of hydrogen-bond donors (Lipinski definition) is 2. The number of ether oxygens (including phenoxy) is 1. The molecule has 2 rings (SSSR count). The Bertz CT molecular complexity index is 694. The van der Waals surface area contributed by atoms with Gasteiger partial charge in [-0.25, -0.2) is 0 Å². The van der Waals surface area contributed by atoms with Crippen LogP contribution in [-0.2, 0) is 14.8 Å². The van der Waals surface area contributed by atoms with Crippen molar-refractivity contribution in [3.63, 3.8) is 0 Å². The van der Waals surface area contributed by atoms with Crippen LogP contribution in [-0.4, -0.2) is 37.4 Å².